The number of benzene rings is 1. The van der Waals surface area contributed by atoms with Crippen molar-refractivity contribution >= 4 is 21.7 Å². The molecule has 0 aliphatic heterocycles. The Morgan fingerprint density at radius 3 is 2.42 bits per heavy atom. The van der Waals surface area contributed by atoms with Gasteiger partial charge in [0.2, 0.25) is 0 Å². The van der Waals surface area contributed by atoms with E-state index < -0.39 is 21.6 Å². The standard InChI is InChI=1S/C13H19ClO4S/c1-3-4-12(14)13(15)9-18-19(16,17)11-7-5-10(2)6-8-11/h5-8,12-13,15H,3-4,9H2,1-2H3/t12-,13+/m1/s1. The van der Waals surface area contributed by atoms with Gasteiger partial charge in [0.05, 0.1) is 23.0 Å². The quantitative estimate of drug-likeness (QED) is 0.621. The molecule has 1 aromatic carbocycles. The first kappa shape index (κ1) is 16.4. The lowest BCUT2D eigenvalue weighted by Gasteiger charge is -2.16. The highest BCUT2D eigenvalue weighted by Crippen LogP contribution is 2.16. The minimum atomic E-state index is -3.84. The topological polar surface area (TPSA) is 63.6 Å². The summed E-state index contributed by atoms with van der Waals surface area (Å²) < 4.78 is 28.5. The van der Waals surface area contributed by atoms with Crippen LogP contribution in [0.4, 0.5) is 0 Å². The van der Waals surface area contributed by atoms with E-state index in [9.17, 15) is 13.5 Å². The summed E-state index contributed by atoms with van der Waals surface area (Å²) in [5.74, 6) is 0. The molecule has 1 N–H and O–H groups in total. The molecule has 108 valence electrons. The van der Waals surface area contributed by atoms with Gasteiger partial charge in [-0.15, -0.1) is 11.6 Å². The van der Waals surface area contributed by atoms with Gasteiger partial charge in [0.15, 0.2) is 0 Å². The van der Waals surface area contributed by atoms with Gasteiger partial charge in [0.25, 0.3) is 10.1 Å². The van der Waals surface area contributed by atoms with Crippen LogP contribution in [-0.4, -0.2) is 31.6 Å². The van der Waals surface area contributed by atoms with Gasteiger partial charge in [-0.2, -0.15) is 8.42 Å². The Hall–Kier alpha value is -0.620. The molecule has 6 heteroatoms. The predicted octanol–water partition coefficient (Wildman–Crippen LogP) is 2.47. The molecule has 19 heavy (non-hydrogen) atoms. The number of aryl methyl sites for hydroxylation is 1. The molecule has 0 aliphatic carbocycles. The number of rotatable bonds is 7. The van der Waals surface area contributed by atoms with E-state index >= 15 is 0 Å². The Kier molecular flexibility index (Phi) is 6.26. The maximum Gasteiger partial charge on any atom is 0.297 e. The molecular weight excluding hydrogens is 288 g/mol. The fourth-order valence-corrected chi connectivity index (χ4v) is 2.72. The molecule has 0 aromatic heterocycles. The van der Waals surface area contributed by atoms with Gasteiger partial charge in [-0.05, 0) is 25.5 Å². The molecule has 0 aliphatic rings. The molecular formula is C13H19ClO4S. The highest BCUT2D eigenvalue weighted by molar-refractivity contribution is 7.86. The minimum Gasteiger partial charge on any atom is -0.389 e. The van der Waals surface area contributed by atoms with Crippen molar-refractivity contribution in [2.75, 3.05) is 6.61 Å². The molecule has 0 unspecified atom stereocenters. The van der Waals surface area contributed by atoms with Crippen molar-refractivity contribution < 1.29 is 17.7 Å². The summed E-state index contributed by atoms with van der Waals surface area (Å²) in [5.41, 5.74) is 0.961. The summed E-state index contributed by atoms with van der Waals surface area (Å²) in [6.45, 7) is 3.47. The zero-order valence-corrected chi connectivity index (χ0v) is 12.6. The van der Waals surface area contributed by atoms with Gasteiger partial charge in [-0.25, -0.2) is 0 Å². The third-order valence-corrected chi connectivity index (χ3v) is 4.49. The molecule has 0 bridgehead atoms. The summed E-state index contributed by atoms with van der Waals surface area (Å²) in [7, 11) is -3.84. The molecule has 0 radical (unpaired) electrons. The Bertz CT molecular complexity index is 484. The van der Waals surface area contributed by atoms with E-state index in [2.05, 4.69) is 0 Å². The van der Waals surface area contributed by atoms with E-state index in [1.165, 1.54) is 12.1 Å². The van der Waals surface area contributed by atoms with Gasteiger partial charge < -0.3 is 5.11 Å². The number of aliphatic hydroxyl groups excluding tert-OH is 1. The minimum absolute atomic E-state index is 0.0758. The van der Waals surface area contributed by atoms with Crippen LogP contribution in [-0.2, 0) is 14.3 Å². The summed E-state index contributed by atoms with van der Waals surface area (Å²) in [6.07, 6.45) is 0.425. The van der Waals surface area contributed by atoms with Crippen LogP contribution in [0.3, 0.4) is 0 Å². The van der Waals surface area contributed by atoms with Crippen LogP contribution in [0, 0.1) is 6.92 Å². The first-order chi connectivity index (χ1) is 8.86. The number of hydrogen-bond donors (Lipinski definition) is 1. The van der Waals surface area contributed by atoms with E-state index in [-0.39, 0.29) is 11.5 Å². The van der Waals surface area contributed by atoms with E-state index in [4.69, 9.17) is 15.8 Å². The van der Waals surface area contributed by atoms with Crippen LogP contribution in [0.5, 0.6) is 0 Å². The number of halogens is 1. The third-order valence-electron chi connectivity index (χ3n) is 2.69. The second-order valence-electron chi connectivity index (χ2n) is 4.42. The smallest absolute Gasteiger partial charge is 0.297 e. The zero-order valence-electron chi connectivity index (χ0n) is 11.0. The highest BCUT2D eigenvalue weighted by Gasteiger charge is 2.21. The number of alkyl halides is 1. The normalized spacial score (nSPS) is 15.2. The van der Waals surface area contributed by atoms with Crippen LogP contribution in [0.25, 0.3) is 0 Å². The van der Waals surface area contributed by atoms with E-state index in [0.29, 0.717) is 6.42 Å². The van der Waals surface area contributed by atoms with Crippen molar-refractivity contribution in [2.24, 2.45) is 0 Å². The Morgan fingerprint density at radius 2 is 1.89 bits per heavy atom. The molecule has 4 nitrogen and oxygen atoms in total. The first-order valence-corrected chi connectivity index (χ1v) is 7.99. The van der Waals surface area contributed by atoms with E-state index in [1.54, 1.807) is 12.1 Å². The van der Waals surface area contributed by atoms with Crippen LogP contribution in [0.1, 0.15) is 25.3 Å². The van der Waals surface area contributed by atoms with Crippen LogP contribution in [0.15, 0.2) is 29.2 Å². The number of hydrogen-bond acceptors (Lipinski definition) is 4. The molecule has 0 fully saturated rings. The molecule has 1 rings (SSSR count). The molecule has 0 heterocycles. The zero-order chi connectivity index (χ0) is 14.5. The van der Waals surface area contributed by atoms with E-state index in [0.717, 1.165) is 12.0 Å². The van der Waals surface area contributed by atoms with Crippen molar-refractivity contribution in [2.45, 2.75) is 43.1 Å². The molecule has 1 aromatic rings. The summed E-state index contributed by atoms with van der Waals surface area (Å²) >= 11 is 5.90. The molecule has 0 spiro atoms. The average Bonchev–Trinajstić information content (AvgIpc) is 2.37. The van der Waals surface area contributed by atoms with Crippen LogP contribution in [0.2, 0.25) is 0 Å². The lowest BCUT2D eigenvalue weighted by molar-refractivity contribution is 0.104. The van der Waals surface area contributed by atoms with Crippen molar-refractivity contribution in [3.63, 3.8) is 0 Å². The van der Waals surface area contributed by atoms with Gasteiger partial charge >= 0.3 is 0 Å². The van der Waals surface area contributed by atoms with Crippen molar-refractivity contribution in [1.82, 2.24) is 0 Å². The van der Waals surface area contributed by atoms with Crippen molar-refractivity contribution in [3.8, 4) is 0 Å². The molecule has 0 saturated carbocycles. The summed E-state index contributed by atoms with van der Waals surface area (Å²) in [5, 5.41) is 9.18. The highest BCUT2D eigenvalue weighted by atomic mass is 35.5. The van der Waals surface area contributed by atoms with Crippen LogP contribution < -0.4 is 0 Å². The van der Waals surface area contributed by atoms with Gasteiger partial charge in [-0.1, -0.05) is 31.0 Å². The second-order valence-corrected chi connectivity index (χ2v) is 6.60. The Balaban J connectivity index is 2.63. The Labute approximate surface area is 119 Å². The van der Waals surface area contributed by atoms with Crippen molar-refractivity contribution in [1.29, 1.82) is 0 Å². The van der Waals surface area contributed by atoms with Gasteiger partial charge in [-0.3, -0.25) is 4.18 Å². The Morgan fingerprint density at radius 1 is 1.32 bits per heavy atom. The van der Waals surface area contributed by atoms with Crippen LogP contribution >= 0.6 is 11.6 Å². The van der Waals surface area contributed by atoms with E-state index in [1.807, 2.05) is 13.8 Å². The average molecular weight is 307 g/mol. The molecule has 0 saturated heterocycles. The largest absolute Gasteiger partial charge is 0.389 e. The lowest BCUT2D eigenvalue weighted by atomic mass is 10.2. The molecule has 2 atom stereocenters. The fourth-order valence-electron chi connectivity index (χ4n) is 1.50. The lowest BCUT2D eigenvalue weighted by Crippen LogP contribution is -2.27. The third kappa shape index (κ3) is 5.10. The summed E-state index contributed by atoms with van der Waals surface area (Å²) in [6, 6.07) is 6.32. The van der Waals surface area contributed by atoms with Gasteiger partial charge in [0, 0.05) is 0 Å². The monoisotopic (exact) mass is 306 g/mol. The molecule has 0 amide bonds. The van der Waals surface area contributed by atoms with Crippen molar-refractivity contribution in [3.05, 3.63) is 29.8 Å². The number of aliphatic hydroxyl groups is 1. The summed E-state index contributed by atoms with van der Waals surface area (Å²) in [4.78, 5) is 0.0758. The maximum absolute atomic E-state index is 11.9. The maximum atomic E-state index is 11.9. The SMILES string of the molecule is CCC[C@@H](Cl)[C@@H](O)COS(=O)(=O)c1ccc(C)cc1. The predicted molar refractivity (Wildman–Crippen MR) is 74.9 cm³/mol. The fraction of sp³-hybridized carbons (Fsp3) is 0.538. The van der Waals surface area contributed by atoms with Gasteiger partial charge in [0.1, 0.15) is 0 Å². The first-order valence-electron chi connectivity index (χ1n) is 6.15. The second kappa shape index (κ2) is 7.24.